The Labute approximate surface area is 97.9 Å². The number of hydrogen-bond acceptors (Lipinski definition) is 3. The molecule has 1 aromatic rings. The Morgan fingerprint density at radius 1 is 1.33 bits per heavy atom. The van der Waals surface area contributed by atoms with Crippen LogP contribution in [0.2, 0.25) is 10.0 Å². The van der Waals surface area contributed by atoms with Crippen LogP contribution in [-0.2, 0) is 4.74 Å². The number of benzene rings is 1. The zero-order valence-corrected chi connectivity index (χ0v) is 10.1. The third-order valence-electron chi connectivity index (χ3n) is 2.01. The van der Waals surface area contributed by atoms with Gasteiger partial charge in [0.2, 0.25) is 0 Å². The van der Waals surface area contributed by atoms with E-state index in [-0.39, 0.29) is 11.3 Å². The van der Waals surface area contributed by atoms with Crippen molar-refractivity contribution >= 4 is 29.2 Å². The van der Waals surface area contributed by atoms with Gasteiger partial charge in [-0.3, -0.25) is 0 Å². The third kappa shape index (κ3) is 2.19. The average Bonchev–Trinajstić information content (AvgIpc) is 2.24. The Morgan fingerprint density at radius 3 is 2.40 bits per heavy atom. The van der Waals surface area contributed by atoms with E-state index in [4.69, 9.17) is 27.9 Å². The summed E-state index contributed by atoms with van der Waals surface area (Å²) in [7, 11) is 2.71. The summed E-state index contributed by atoms with van der Waals surface area (Å²) in [6, 6.07) is 1.48. The first-order chi connectivity index (χ1) is 7.02. The standard InChI is InChI=1S/C10H10Cl2O3/c1-5-7(11)4-6(10(13)15-3)9(14-2)8(5)12/h4H,1-3H3. The van der Waals surface area contributed by atoms with Crippen LogP contribution in [0.5, 0.6) is 5.75 Å². The Balaban J connectivity index is 3.45. The summed E-state index contributed by atoms with van der Waals surface area (Å²) in [5, 5.41) is 0.728. The van der Waals surface area contributed by atoms with Crippen molar-refractivity contribution in [1.82, 2.24) is 0 Å². The minimum absolute atomic E-state index is 0.223. The Bertz CT molecular complexity index is 402. The summed E-state index contributed by atoms with van der Waals surface area (Å²) < 4.78 is 9.64. The van der Waals surface area contributed by atoms with E-state index in [2.05, 4.69) is 4.74 Å². The van der Waals surface area contributed by atoms with Crippen LogP contribution in [0.4, 0.5) is 0 Å². The normalized spacial score (nSPS) is 9.93. The number of carbonyl (C=O) groups is 1. The maximum absolute atomic E-state index is 11.4. The molecule has 1 rings (SSSR count). The predicted molar refractivity (Wildman–Crippen MR) is 59.1 cm³/mol. The first-order valence-electron chi connectivity index (χ1n) is 4.13. The van der Waals surface area contributed by atoms with Gasteiger partial charge in [-0.05, 0) is 18.6 Å². The summed E-state index contributed by atoms with van der Waals surface area (Å²) in [6.07, 6.45) is 0. The fraction of sp³-hybridized carbons (Fsp3) is 0.300. The molecule has 0 aliphatic rings. The van der Waals surface area contributed by atoms with Gasteiger partial charge < -0.3 is 9.47 Å². The summed E-state index contributed by atoms with van der Waals surface area (Å²) in [6.45, 7) is 1.74. The van der Waals surface area contributed by atoms with Crippen molar-refractivity contribution < 1.29 is 14.3 Å². The summed E-state index contributed by atoms with van der Waals surface area (Å²) in [5.41, 5.74) is 0.892. The molecule has 0 amide bonds. The van der Waals surface area contributed by atoms with E-state index in [0.717, 1.165) is 0 Å². The maximum atomic E-state index is 11.4. The van der Waals surface area contributed by atoms with Crippen LogP contribution in [0.25, 0.3) is 0 Å². The minimum Gasteiger partial charge on any atom is -0.494 e. The van der Waals surface area contributed by atoms with Crippen molar-refractivity contribution in [3.05, 3.63) is 27.2 Å². The second-order valence-corrected chi connectivity index (χ2v) is 3.65. The summed E-state index contributed by atoms with van der Waals surface area (Å²) in [5.74, 6) is -0.249. The van der Waals surface area contributed by atoms with E-state index in [9.17, 15) is 4.79 Å². The van der Waals surface area contributed by atoms with Crippen molar-refractivity contribution in [1.29, 1.82) is 0 Å². The van der Waals surface area contributed by atoms with Crippen LogP contribution in [0.3, 0.4) is 0 Å². The van der Waals surface area contributed by atoms with Gasteiger partial charge in [0.25, 0.3) is 0 Å². The molecule has 15 heavy (non-hydrogen) atoms. The number of ether oxygens (including phenoxy) is 2. The van der Waals surface area contributed by atoms with E-state index in [1.54, 1.807) is 6.92 Å². The molecule has 82 valence electrons. The third-order valence-corrected chi connectivity index (χ3v) is 2.86. The molecule has 0 radical (unpaired) electrons. The van der Waals surface area contributed by atoms with Crippen molar-refractivity contribution in [2.24, 2.45) is 0 Å². The van der Waals surface area contributed by atoms with Crippen LogP contribution in [0, 0.1) is 6.92 Å². The molecule has 0 aliphatic heterocycles. The van der Waals surface area contributed by atoms with Gasteiger partial charge in [0, 0.05) is 5.02 Å². The van der Waals surface area contributed by atoms with E-state index in [1.807, 2.05) is 0 Å². The zero-order valence-electron chi connectivity index (χ0n) is 8.56. The molecule has 3 nitrogen and oxygen atoms in total. The smallest absolute Gasteiger partial charge is 0.341 e. The van der Waals surface area contributed by atoms with Crippen LogP contribution >= 0.6 is 23.2 Å². The first kappa shape index (κ1) is 12.1. The van der Waals surface area contributed by atoms with Gasteiger partial charge in [0.1, 0.15) is 5.56 Å². The highest BCUT2D eigenvalue weighted by Crippen LogP contribution is 2.36. The average molecular weight is 249 g/mol. The van der Waals surface area contributed by atoms with Crippen LogP contribution in [-0.4, -0.2) is 20.2 Å². The van der Waals surface area contributed by atoms with E-state index in [0.29, 0.717) is 15.6 Å². The summed E-state index contributed by atoms with van der Waals surface area (Å²) in [4.78, 5) is 11.4. The van der Waals surface area contributed by atoms with Crippen molar-refractivity contribution in [2.75, 3.05) is 14.2 Å². The molecule has 5 heteroatoms. The van der Waals surface area contributed by atoms with E-state index in [1.165, 1.54) is 20.3 Å². The quantitative estimate of drug-likeness (QED) is 0.755. The Morgan fingerprint density at radius 2 is 1.93 bits per heavy atom. The lowest BCUT2D eigenvalue weighted by molar-refractivity contribution is 0.0597. The van der Waals surface area contributed by atoms with Crippen LogP contribution in [0.1, 0.15) is 15.9 Å². The zero-order chi connectivity index (χ0) is 11.6. The van der Waals surface area contributed by atoms with Gasteiger partial charge in [0.15, 0.2) is 5.75 Å². The van der Waals surface area contributed by atoms with Crippen LogP contribution < -0.4 is 4.74 Å². The van der Waals surface area contributed by atoms with Crippen molar-refractivity contribution in [2.45, 2.75) is 6.92 Å². The molecule has 0 unspecified atom stereocenters. The molecule has 0 N–H and O–H groups in total. The molecular weight excluding hydrogens is 239 g/mol. The highest BCUT2D eigenvalue weighted by Gasteiger charge is 2.19. The van der Waals surface area contributed by atoms with E-state index >= 15 is 0 Å². The number of methoxy groups -OCH3 is 2. The monoisotopic (exact) mass is 248 g/mol. The molecule has 0 bridgehead atoms. The Kier molecular flexibility index (Phi) is 3.83. The molecule has 0 aliphatic carbocycles. The maximum Gasteiger partial charge on any atom is 0.341 e. The number of hydrogen-bond donors (Lipinski definition) is 0. The molecule has 0 fully saturated rings. The first-order valence-corrected chi connectivity index (χ1v) is 4.89. The second-order valence-electron chi connectivity index (χ2n) is 2.87. The molecule has 0 spiro atoms. The molecule has 0 atom stereocenters. The number of rotatable bonds is 2. The topological polar surface area (TPSA) is 35.5 Å². The van der Waals surface area contributed by atoms with Gasteiger partial charge in [-0.2, -0.15) is 0 Å². The van der Waals surface area contributed by atoms with Gasteiger partial charge in [-0.15, -0.1) is 0 Å². The number of carbonyl (C=O) groups excluding carboxylic acids is 1. The number of halogens is 2. The number of esters is 1. The molecular formula is C10H10Cl2O3. The fourth-order valence-corrected chi connectivity index (χ4v) is 1.69. The highest BCUT2D eigenvalue weighted by atomic mass is 35.5. The van der Waals surface area contributed by atoms with Gasteiger partial charge in [0.05, 0.1) is 19.2 Å². The molecule has 0 heterocycles. The van der Waals surface area contributed by atoms with Gasteiger partial charge >= 0.3 is 5.97 Å². The molecule has 0 saturated heterocycles. The van der Waals surface area contributed by atoms with Crippen molar-refractivity contribution in [3.63, 3.8) is 0 Å². The SMILES string of the molecule is COC(=O)c1cc(Cl)c(C)c(Cl)c1OC. The lowest BCUT2D eigenvalue weighted by Gasteiger charge is -2.11. The van der Waals surface area contributed by atoms with E-state index < -0.39 is 5.97 Å². The Hall–Kier alpha value is -0.930. The molecule has 0 saturated carbocycles. The molecule has 0 aromatic heterocycles. The highest BCUT2D eigenvalue weighted by molar-refractivity contribution is 6.37. The summed E-state index contributed by atoms with van der Waals surface area (Å²) >= 11 is 11.9. The predicted octanol–water partition coefficient (Wildman–Crippen LogP) is 3.10. The van der Waals surface area contributed by atoms with Crippen molar-refractivity contribution in [3.8, 4) is 5.75 Å². The second kappa shape index (κ2) is 4.73. The fourth-order valence-electron chi connectivity index (χ4n) is 1.16. The largest absolute Gasteiger partial charge is 0.494 e. The minimum atomic E-state index is -0.532. The molecule has 1 aromatic carbocycles. The van der Waals surface area contributed by atoms with Crippen LogP contribution in [0.15, 0.2) is 6.07 Å². The van der Waals surface area contributed by atoms with Gasteiger partial charge in [-0.25, -0.2) is 4.79 Å². The van der Waals surface area contributed by atoms with Gasteiger partial charge in [-0.1, -0.05) is 23.2 Å². The lowest BCUT2D eigenvalue weighted by Crippen LogP contribution is -2.05. The lowest BCUT2D eigenvalue weighted by atomic mass is 10.1.